The van der Waals surface area contributed by atoms with Crippen LogP contribution >= 0.6 is 0 Å². The maximum atomic E-state index is 5.89. The molecule has 0 saturated carbocycles. The predicted molar refractivity (Wildman–Crippen MR) is 75.8 cm³/mol. The van der Waals surface area contributed by atoms with Crippen molar-refractivity contribution in [3.8, 4) is 5.88 Å². The van der Waals surface area contributed by atoms with Crippen molar-refractivity contribution in [1.82, 2.24) is 10.3 Å². The number of unbranched alkanes of at least 4 members (excludes halogenated alkanes) is 1. The summed E-state index contributed by atoms with van der Waals surface area (Å²) >= 11 is 0. The molecule has 0 saturated heterocycles. The van der Waals surface area contributed by atoms with Gasteiger partial charge in [0.15, 0.2) is 0 Å². The molecule has 0 bridgehead atoms. The highest BCUT2D eigenvalue weighted by molar-refractivity contribution is 5.25. The Morgan fingerprint density at radius 1 is 1.39 bits per heavy atom. The first-order valence-corrected chi connectivity index (χ1v) is 7.03. The van der Waals surface area contributed by atoms with Crippen LogP contribution in [0.3, 0.4) is 0 Å². The lowest BCUT2D eigenvalue weighted by atomic mass is 10.0. The zero-order chi connectivity index (χ0) is 13.2. The van der Waals surface area contributed by atoms with Crippen LogP contribution in [0, 0.1) is 5.92 Å². The molecule has 1 aromatic rings. The van der Waals surface area contributed by atoms with Crippen LogP contribution in [0.1, 0.15) is 45.1 Å². The van der Waals surface area contributed by atoms with Crippen LogP contribution in [0.15, 0.2) is 18.3 Å². The molecule has 0 aromatic carbocycles. The van der Waals surface area contributed by atoms with Gasteiger partial charge in [-0.15, -0.1) is 0 Å². The standard InChI is InChI=1S/C15H26N2O/c1-4-6-8-13(5-2)12-18-15-14(11-16-3)9-7-10-17-15/h7,9-10,13,16H,4-6,8,11-12H2,1-3H3. The van der Waals surface area contributed by atoms with Gasteiger partial charge in [0.2, 0.25) is 5.88 Å². The first-order chi connectivity index (χ1) is 8.81. The molecule has 18 heavy (non-hydrogen) atoms. The summed E-state index contributed by atoms with van der Waals surface area (Å²) in [5.41, 5.74) is 1.13. The van der Waals surface area contributed by atoms with Crippen molar-refractivity contribution in [3.05, 3.63) is 23.9 Å². The maximum absolute atomic E-state index is 5.89. The minimum atomic E-state index is 0.648. The van der Waals surface area contributed by atoms with E-state index in [-0.39, 0.29) is 0 Å². The summed E-state index contributed by atoms with van der Waals surface area (Å²) in [6, 6.07) is 4.01. The number of hydrogen-bond donors (Lipinski definition) is 1. The highest BCUT2D eigenvalue weighted by atomic mass is 16.5. The smallest absolute Gasteiger partial charge is 0.217 e. The second-order valence-corrected chi connectivity index (χ2v) is 4.73. The van der Waals surface area contributed by atoms with E-state index in [9.17, 15) is 0 Å². The molecular weight excluding hydrogens is 224 g/mol. The van der Waals surface area contributed by atoms with Gasteiger partial charge in [-0.3, -0.25) is 0 Å². The number of nitrogens with one attached hydrogen (secondary N) is 1. The van der Waals surface area contributed by atoms with E-state index in [1.807, 2.05) is 13.1 Å². The molecule has 0 amide bonds. The van der Waals surface area contributed by atoms with E-state index < -0.39 is 0 Å². The van der Waals surface area contributed by atoms with E-state index in [4.69, 9.17) is 4.74 Å². The molecule has 0 fully saturated rings. The van der Waals surface area contributed by atoms with E-state index in [2.05, 4.69) is 30.2 Å². The molecular formula is C15H26N2O. The molecule has 1 unspecified atom stereocenters. The van der Waals surface area contributed by atoms with Crippen LogP contribution in [0.5, 0.6) is 5.88 Å². The summed E-state index contributed by atoms with van der Waals surface area (Å²) in [4.78, 5) is 4.32. The fourth-order valence-electron chi connectivity index (χ4n) is 1.97. The van der Waals surface area contributed by atoms with Crippen LogP contribution < -0.4 is 10.1 Å². The minimum absolute atomic E-state index is 0.648. The Kier molecular flexibility index (Phi) is 7.42. The Hall–Kier alpha value is -1.09. The highest BCUT2D eigenvalue weighted by Gasteiger charge is 2.09. The van der Waals surface area contributed by atoms with E-state index in [1.165, 1.54) is 25.7 Å². The Labute approximate surface area is 111 Å². The first-order valence-electron chi connectivity index (χ1n) is 7.03. The van der Waals surface area contributed by atoms with E-state index in [1.54, 1.807) is 6.20 Å². The molecule has 1 N–H and O–H groups in total. The quantitative estimate of drug-likeness (QED) is 0.729. The van der Waals surface area contributed by atoms with Crippen molar-refractivity contribution >= 4 is 0 Å². The lowest BCUT2D eigenvalue weighted by molar-refractivity contribution is 0.223. The van der Waals surface area contributed by atoms with Gasteiger partial charge in [-0.2, -0.15) is 0 Å². The summed E-state index contributed by atoms with van der Waals surface area (Å²) in [7, 11) is 1.94. The Morgan fingerprint density at radius 2 is 2.22 bits per heavy atom. The van der Waals surface area contributed by atoms with Crippen molar-refractivity contribution in [3.63, 3.8) is 0 Å². The Balaban J connectivity index is 2.50. The molecule has 0 aliphatic heterocycles. The van der Waals surface area contributed by atoms with Crippen molar-refractivity contribution in [2.45, 2.75) is 46.1 Å². The van der Waals surface area contributed by atoms with Crippen LogP contribution in [0.25, 0.3) is 0 Å². The molecule has 102 valence electrons. The summed E-state index contributed by atoms with van der Waals surface area (Å²) in [5.74, 6) is 1.43. The molecule has 0 aliphatic rings. The fourth-order valence-corrected chi connectivity index (χ4v) is 1.97. The molecule has 1 atom stereocenters. The van der Waals surface area contributed by atoms with Gasteiger partial charge in [-0.25, -0.2) is 4.98 Å². The molecule has 0 spiro atoms. The monoisotopic (exact) mass is 250 g/mol. The lowest BCUT2D eigenvalue weighted by Gasteiger charge is -2.16. The third-order valence-electron chi connectivity index (χ3n) is 3.22. The average molecular weight is 250 g/mol. The summed E-state index contributed by atoms with van der Waals surface area (Å²) in [6.45, 7) is 6.05. The minimum Gasteiger partial charge on any atom is -0.477 e. The number of nitrogens with zero attached hydrogens (tertiary/aromatic N) is 1. The molecule has 3 nitrogen and oxygen atoms in total. The van der Waals surface area contributed by atoms with Gasteiger partial charge < -0.3 is 10.1 Å². The van der Waals surface area contributed by atoms with Gasteiger partial charge in [0.05, 0.1) is 6.61 Å². The topological polar surface area (TPSA) is 34.1 Å². The Bertz CT molecular complexity index is 328. The summed E-state index contributed by atoms with van der Waals surface area (Å²) < 4.78 is 5.89. The highest BCUT2D eigenvalue weighted by Crippen LogP contribution is 2.18. The van der Waals surface area contributed by atoms with Crippen molar-refractivity contribution < 1.29 is 4.74 Å². The van der Waals surface area contributed by atoms with Crippen molar-refractivity contribution in [2.24, 2.45) is 5.92 Å². The molecule has 1 rings (SSSR count). The largest absolute Gasteiger partial charge is 0.477 e. The number of aromatic nitrogens is 1. The predicted octanol–water partition coefficient (Wildman–Crippen LogP) is 3.40. The van der Waals surface area contributed by atoms with Gasteiger partial charge in [-0.05, 0) is 25.5 Å². The molecule has 0 radical (unpaired) electrons. The van der Waals surface area contributed by atoms with Crippen molar-refractivity contribution in [1.29, 1.82) is 0 Å². The number of pyridine rings is 1. The van der Waals surface area contributed by atoms with Crippen LogP contribution in [0.2, 0.25) is 0 Å². The second-order valence-electron chi connectivity index (χ2n) is 4.73. The van der Waals surface area contributed by atoms with Gasteiger partial charge in [-0.1, -0.05) is 39.2 Å². The van der Waals surface area contributed by atoms with Crippen molar-refractivity contribution in [2.75, 3.05) is 13.7 Å². The average Bonchev–Trinajstić information content (AvgIpc) is 2.41. The van der Waals surface area contributed by atoms with Gasteiger partial charge in [0, 0.05) is 18.3 Å². The number of rotatable bonds is 9. The van der Waals surface area contributed by atoms with E-state index in [0.29, 0.717) is 5.92 Å². The van der Waals surface area contributed by atoms with E-state index in [0.717, 1.165) is 24.6 Å². The van der Waals surface area contributed by atoms with Gasteiger partial charge in [0.25, 0.3) is 0 Å². The zero-order valence-electron chi connectivity index (χ0n) is 11.9. The third-order valence-corrected chi connectivity index (χ3v) is 3.22. The number of ether oxygens (including phenoxy) is 1. The van der Waals surface area contributed by atoms with Crippen LogP contribution in [-0.4, -0.2) is 18.6 Å². The lowest BCUT2D eigenvalue weighted by Crippen LogP contribution is -2.14. The zero-order valence-corrected chi connectivity index (χ0v) is 11.9. The molecule has 1 aromatic heterocycles. The van der Waals surface area contributed by atoms with Gasteiger partial charge in [0.1, 0.15) is 0 Å². The fraction of sp³-hybridized carbons (Fsp3) is 0.667. The number of hydrogen-bond acceptors (Lipinski definition) is 3. The maximum Gasteiger partial charge on any atom is 0.217 e. The van der Waals surface area contributed by atoms with Crippen LogP contribution in [-0.2, 0) is 6.54 Å². The molecule has 1 heterocycles. The normalized spacial score (nSPS) is 12.4. The summed E-state index contributed by atoms with van der Waals surface area (Å²) in [6.07, 6.45) is 6.76. The second kappa shape index (κ2) is 8.92. The van der Waals surface area contributed by atoms with Gasteiger partial charge >= 0.3 is 0 Å². The van der Waals surface area contributed by atoms with E-state index >= 15 is 0 Å². The third kappa shape index (κ3) is 5.05. The SMILES string of the molecule is CCCCC(CC)COc1ncccc1CNC. The first kappa shape index (κ1) is 15.0. The summed E-state index contributed by atoms with van der Waals surface area (Å²) in [5, 5.41) is 3.14. The Morgan fingerprint density at radius 3 is 2.89 bits per heavy atom. The molecule has 0 aliphatic carbocycles. The van der Waals surface area contributed by atoms with Crippen LogP contribution in [0.4, 0.5) is 0 Å². The molecule has 3 heteroatoms.